The zero-order chi connectivity index (χ0) is 16.7. The van der Waals surface area contributed by atoms with E-state index < -0.39 is 12.0 Å². The zero-order valence-corrected chi connectivity index (χ0v) is 13.4. The summed E-state index contributed by atoms with van der Waals surface area (Å²) in [6.45, 7) is 1.97. The Morgan fingerprint density at radius 3 is 2.30 bits per heavy atom. The SMILES string of the molecule is COC(=O)C(NC(=O)CCc1ccccc1)c1ccc(C)cc1. The van der Waals surface area contributed by atoms with Gasteiger partial charge in [-0.3, -0.25) is 4.79 Å². The number of benzene rings is 2. The third-order valence-electron chi connectivity index (χ3n) is 3.64. The topological polar surface area (TPSA) is 55.4 Å². The Kier molecular flexibility index (Phi) is 5.92. The third-order valence-corrected chi connectivity index (χ3v) is 3.64. The molecule has 0 heterocycles. The number of esters is 1. The largest absolute Gasteiger partial charge is 0.467 e. The number of hydrogen-bond acceptors (Lipinski definition) is 3. The number of carbonyl (C=O) groups excluding carboxylic acids is 2. The first-order valence-corrected chi connectivity index (χ1v) is 7.58. The number of nitrogens with one attached hydrogen (secondary N) is 1. The van der Waals surface area contributed by atoms with E-state index in [9.17, 15) is 9.59 Å². The molecule has 0 spiro atoms. The minimum absolute atomic E-state index is 0.176. The molecule has 4 nitrogen and oxygen atoms in total. The number of amides is 1. The van der Waals surface area contributed by atoms with Crippen LogP contribution in [0.15, 0.2) is 54.6 Å². The number of carbonyl (C=O) groups is 2. The number of aryl methyl sites for hydroxylation is 2. The van der Waals surface area contributed by atoms with Crippen LogP contribution in [0, 0.1) is 6.92 Å². The maximum Gasteiger partial charge on any atom is 0.333 e. The summed E-state index contributed by atoms with van der Waals surface area (Å²) in [5.41, 5.74) is 2.90. The molecule has 4 heteroatoms. The average molecular weight is 311 g/mol. The minimum atomic E-state index is -0.774. The molecule has 2 rings (SSSR count). The molecule has 2 aromatic rings. The van der Waals surface area contributed by atoms with Gasteiger partial charge in [-0.1, -0.05) is 60.2 Å². The van der Waals surface area contributed by atoms with E-state index in [0.717, 1.165) is 16.7 Å². The monoisotopic (exact) mass is 311 g/mol. The minimum Gasteiger partial charge on any atom is -0.467 e. The van der Waals surface area contributed by atoms with Crippen LogP contribution in [0.5, 0.6) is 0 Å². The van der Waals surface area contributed by atoms with Gasteiger partial charge in [0.05, 0.1) is 7.11 Å². The van der Waals surface area contributed by atoms with Crippen molar-refractivity contribution in [3.8, 4) is 0 Å². The van der Waals surface area contributed by atoms with E-state index in [1.165, 1.54) is 7.11 Å². The van der Waals surface area contributed by atoms with Crippen LogP contribution in [0.2, 0.25) is 0 Å². The first-order valence-electron chi connectivity index (χ1n) is 7.58. The Morgan fingerprint density at radius 1 is 1.04 bits per heavy atom. The average Bonchev–Trinajstić information content (AvgIpc) is 2.59. The fraction of sp³-hybridized carbons (Fsp3) is 0.263. The van der Waals surface area contributed by atoms with Crippen molar-refractivity contribution in [1.82, 2.24) is 5.32 Å². The molecule has 2 aromatic carbocycles. The van der Waals surface area contributed by atoms with Gasteiger partial charge in [-0.25, -0.2) is 4.79 Å². The van der Waals surface area contributed by atoms with E-state index in [-0.39, 0.29) is 5.91 Å². The van der Waals surface area contributed by atoms with E-state index in [4.69, 9.17) is 4.74 Å². The van der Waals surface area contributed by atoms with Crippen molar-refractivity contribution in [3.05, 3.63) is 71.3 Å². The van der Waals surface area contributed by atoms with Crippen molar-refractivity contribution in [2.45, 2.75) is 25.8 Å². The van der Waals surface area contributed by atoms with Crippen LogP contribution < -0.4 is 5.32 Å². The smallest absolute Gasteiger partial charge is 0.333 e. The molecular formula is C19H21NO3. The molecule has 23 heavy (non-hydrogen) atoms. The third kappa shape index (κ3) is 4.95. The Balaban J connectivity index is 2.01. The molecule has 120 valence electrons. The first kappa shape index (κ1) is 16.7. The van der Waals surface area contributed by atoms with Crippen molar-refractivity contribution in [3.63, 3.8) is 0 Å². The zero-order valence-electron chi connectivity index (χ0n) is 13.4. The highest BCUT2D eigenvalue weighted by atomic mass is 16.5. The Bertz CT molecular complexity index is 650. The second-order valence-electron chi connectivity index (χ2n) is 5.42. The number of rotatable bonds is 6. The van der Waals surface area contributed by atoms with Gasteiger partial charge >= 0.3 is 5.97 Å². The Morgan fingerprint density at radius 2 is 1.70 bits per heavy atom. The number of ether oxygens (including phenoxy) is 1. The molecule has 1 unspecified atom stereocenters. The molecule has 0 saturated heterocycles. The maximum atomic E-state index is 12.2. The van der Waals surface area contributed by atoms with Gasteiger partial charge in [0, 0.05) is 6.42 Å². The lowest BCUT2D eigenvalue weighted by atomic mass is 10.0. The lowest BCUT2D eigenvalue weighted by Gasteiger charge is -2.17. The van der Waals surface area contributed by atoms with Crippen molar-refractivity contribution in [2.24, 2.45) is 0 Å². The summed E-state index contributed by atoms with van der Waals surface area (Å²) in [5, 5.41) is 2.76. The van der Waals surface area contributed by atoms with Crippen LogP contribution >= 0.6 is 0 Å². The molecule has 0 fully saturated rings. The van der Waals surface area contributed by atoms with Gasteiger partial charge in [0.25, 0.3) is 0 Å². The van der Waals surface area contributed by atoms with Crippen LogP contribution in [0.1, 0.15) is 29.2 Å². The lowest BCUT2D eigenvalue weighted by molar-refractivity contribution is -0.145. The van der Waals surface area contributed by atoms with Crippen LogP contribution in [-0.2, 0) is 20.7 Å². The van der Waals surface area contributed by atoms with Gasteiger partial charge in [0.15, 0.2) is 6.04 Å². The number of methoxy groups -OCH3 is 1. The predicted molar refractivity (Wildman–Crippen MR) is 88.8 cm³/mol. The van der Waals surface area contributed by atoms with Crippen LogP contribution in [0.25, 0.3) is 0 Å². The summed E-state index contributed by atoms with van der Waals surface area (Å²) < 4.78 is 4.81. The maximum absolute atomic E-state index is 12.2. The number of hydrogen-bond donors (Lipinski definition) is 1. The molecule has 0 radical (unpaired) electrons. The fourth-order valence-electron chi connectivity index (χ4n) is 2.29. The van der Waals surface area contributed by atoms with Crippen molar-refractivity contribution in [1.29, 1.82) is 0 Å². The highest BCUT2D eigenvalue weighted by molar-refractivity contribution is 5.85. The second-order valence-corrected chi connectivity index (χ2v) is 5.42. The summed E-state index contributed by atoms with van der Waals surface area (Å²) >= 11 is 0. The molecule has 1 amide bonds. The highest BCUT2D eigenvalue weighted by Gasteiger charge is 2.23. The molecule has 0 bridgehead atoms. The summed E-state index contributed by atoms with van der Waals surface area (Å²) in [5.74, 6) is -0.647. The van der Waals surface area contributed by atoms with Crippen LogP contribution in [0.4, 0.5) is 0 Å². The van der Waals surface area contributed by atoms with E-state index >= 15 is 0 Å². The lowest BCUT2D eigenvalue weighted by Crippen LogP contribution is -2.34. The molecule has 0 aliphatic carbocycles. The standard InChI is InChI=1S/C19H21NO3/c1-14-8-11-16(12-9-14)18(19(22)23-2)20-17(21)13-10-15-6-4-3-5-7-15/h3-9,11-12,18H,10,13H2,1-2H3,(H,20,21). The van der Waals surface area contributed by atoms with Gasteiger partial charge < -0.3 is 10.1 Å². The molecule has 1 N–H and O–H groups in total. The Labute approximate surface area is 136 Å². The van der Waals surface area contributed by atoms with E-state index in [1.807, 2.05) is 61.5 Å². The first-order chi connectivity index (χ1) is 11.1. The molecule has 1 atom stereocenters. The van der Waals surface area contributed by atoms with Gasteiger partial charge in [-0.2, -0.15) is 0 Å². The Hall–Kier alpha value is -2.62. The summed E-state index contributed by atoms with van der Waals surface area (Å²) in [7, 11) is 1.32. The van der Waals surface area contributed by atoms with Gasteiger partial charge in [0.2, 0.25) is 5.91 Å². The van der Waals surface area contributed by atoms with Crippen LogP contribution in [0.3, 0.4) is 0 Å². The van der Waals surface area contributed by atoms with Crippen molar-refractivity contribution in [2.75, 3.05) is 7.11 Å². The van der Waals surface area contributed by atoms with Crippen molar-refractivity contribution < 1.29 is 14.3 Å². The second kappa shape index (κ2) is 8.13. The predicted octanol–water partition coefficient (Wildman–Crippen LogP) is 2.96. The molecule has 0 saturated carbocycles. The fourth-order valence-corrected chi connectivity index (χ4v) is 2.29. The quantitative estimate of drug-likeness (QED) is 0.835. The van der Waals surface area contributed by atoms with E-state index in [0.29, 0.717) is 12.8 Å². The molecular weight excluding hydrogens is 290 g/mol. The molecule has 0 aliphatic heterocycles. The van der Waals surface area contributed by atoms with E-state index in [1.54, 1.807) is 0 Å². The summed E-state index contributed by atoms with van der Waals surface area (Å²) in [4.78, 5) is 24.1. The highest BCUT2D eigenvalue weighted by Crippen LogP contribution is 2.16. The van der Waals surface area contributed by atoms with Crippen LogP contribution in [-0.4, -0.2) is 19.0 Å². The summed E-state index contributed by atoms with van der Waals surface area (Å²) in [6, 6.07) is 16.5. The van der Waals surface area contributed by atoms with Gasteiger partial charge in [-0.15, -0.1) is 0 Å². The molecule has 0 aliphatic rings. The molecule has 0 aromatic heterocycles. The van der Waals surface area contributed by atoms with E-state index in [2.05, 4.69) is 5.32 Å². The summed E-state index contributed by atoms with van der Waals surface area (Å²) in [6.07, 6.45) is 0.956. The van der Waals surface area contributed by atoms with Crippen molar-refractivity contribution >= 4 is 11.9 Å². The van der Waals surface area contributed by atoms with Gasteiger partial charge in [-0.05, 0) is 24.5 Å². The normalized spacial score (nSPS) is 11.6. The van der Waals surface area contributed by atoms with Gasteiger partial charge in [0.1, 0.15) is 0 Å².